The van der Waals surface area contributed by atoms with Gasteiger partial charge >= 0.3 is 5.76 Å². The Hall–Kier alpha value is -1.59. The van der Waals surface area contributed by atoms with E-state index >= 15 is 0 Å². The lowest BCUT2D eigenvalue weighted by Gasteiger charge is -2.27. The number of nitrogens with zero attached hydrogens (tertiary/aromatic N) is 2. The van der Waals surface area contributed by atoms with Crippen LogP contribution in [0.1, 0.15) is 12.0 Å². The number of oxazole rings is 1. The summed E-state index contributed by atoms with van der Waals surface area (Å²) in [6, 6.07) is 6.06. The lowest BCUT2D eigenvalue weighted by Crippen LogP contribution is -2.43. The third-order valence-corrected chi connectivity index (χ3v) is 4.01. The molecule has 0 amide bonds. The molecule has 0 aliphatic carbocycles. The van der Waals surface area contributed by atoms with Gasteiger partial charge in [0.1, 0.15) is 0 Å². The molecule has 1 saturated heterocycles. The molecule has 1 aromatic heterocycles. The van der Waals surface area contributed by atoms with Crippen LogP contribution in [0.25, 0.3) is 11.1 Å². The standard InChI is InChI=1S/C15H21N3O2/c1-17-13-5-4-12(11-14(13)20-15(17)19)3-2-8-18-9-6-16-7-10-18/h4-5,11,16H,2-3,6-10H2,1H3. The van der Waals surface area contributed by atoms with E-state index in [2.05, 4.69) is 16.3 Å². The zero-order valence-corrected chi connectivity index (χ0v) is 11.9. The topological polar surface area (TPSA) is 50.4 Å². The number of fused-ring (bicyclic) bond motifs is 1. The Labute approximate surface area is 118 Å². The summed E-state index contributed by atoms with van der Waals surface area (Å²) in [6.07, 6.45) is 2.17. The first kappa shape index (κ1) is 13.4. The van der Waals surface area contributed by atoms with Gasteiger partial charge in [-0.25, -0.2) is 4.79 Å². The van der Waals surface area contributed by atoms with Crippen molar-refractivity contribution >= 4 is 11.1 Å². The highest BCUT2D eigenvalue weighted by atomic mass is 16.4. The summed E-state index contributed by atoms with van der Waals surface area (Å²) in [4.78, 5) is 14.0. The normalized spacial score (nSPS) is 16.9. The number of aryl methyl sites for hydroxylation is 2. The second kappa shape index (κ2) is 5.81. The van der Waals surface area contributed by atoms with Crippen LogP contribution >= 0.6 is 0 Å². The monoisotopic (exact) mass is 275 g/mol. The van der Waals surface area contributed by atoms with Gasteiger partial charge in [-0.15, -0.1) is 0 Å². The average Bonchev–Trinajstić information content (AvgIpc) is 2.75. The molecule has 5 heteroatoms. The predicted octanol–water partition coefficient (Wildman–Crippen LogP) is 0.969. The summed E-state index contributed by atoms with van der Waals surface area (Å²) in [5, 5.41) is 3.36. The van der Waals surface area contributed by atoms with Crippen molar-refractivity contribution in [2.45, 2.75) is 12.8 Å². The molecular formula is C15H21N3O2. The summed E-state index contributed by atoms with van der Waals surface area (Å²) >= 11 is 0. The Morgan fingerprint density at radius 2 is 2.10 bits per heavy atom. The van der Waals surface area contributed by atoms with Crippen molar-refractivity contribution in [3.8, 4) is 0 Å². The Morgan fingerprint density at radius 1 is 1.30 bits per heavy atom. The first-order valence-electron chi connectivity index (χ1n) is 7.25. The maximum Gasteiger partial charge on any atom is 0.419 e. The number of hydrogen-bond donors (Lipinski definition) is 1. The smallest absolute Gasteiger partial charge is 0.408 e. The van der Waals surface area contributed by atoms with Crippen molar-refractivity contribution in [3.63, 3.8) is 0 Å². The molecule has 1 fully saturated rings. The van der Waals surface area contributed by atoms with Gasteiger partial charge in [0.2, 0.25) is 0 Å². The zero-order chi connectivity index (χ0) is 13.9. The number of benzene rings is 1. The van der Waals surface area contributed by atoms with E-state index < -0.39 is 0 Å². The van der Waals surface area contributed by atoms with Gasteiger partial charge in [0.25, 0.3) is 0 Å². The van der Waals surface area contributed by atoms with Crippen LogP contribution in [-0.2, 0) is 13.5 Å². The van der Waals surface area contributed by atoms with Crippen LogP contribution in [0.3, 0.4) is 0 Å². The Balaban J connectivity index is 1.61. The highest BCUT2D eigenvalue weighted by Crippen LogP contribution is 2.15. The van der Waals surface area contributed by atoms with E-state index in [0.717, 1.165) is 51.1 Å². The maximum absolute atomic E-state index is 11.5. The van der Waals surface area contributed by atoms with Crippen molar-refractivity contribution in [1.82, 2.24) is 14.8 Å². The Morgan fingerprint density at radius 3 is 2.90 bits per heavy atom. The molecule has 0 radical (unpaired) electrons. The molecule has 0 atom stereocenters. The fourth-order valence-electron chi connectivity index (χ4n) is 2.78. The SMILES string of the molecule is Cn1c(=O)oc2cc(CCCN3CCNCC3)ccc21. The van der Waals surface area contributed by atoms with Crippen molar-refractivity contribution in [1.29, 1.82) is 0 Å². The van der Waals surface area contributed by atoms with Crippen molar-refractivity contribution < 1.29 is 4.42 Å². The molecule has 5 nitrogen and oxygen atoms in total. The third kappa shape index (κ3) is 2.78. The molecule has 0 saturated carbocycles. The number of nitrogens with one attached hydrogen (secondary N) is 1. The molecule has 1 N–H and O–H groups in total. The van der Waals surface area contributed by atoms with Crippen LogP contribution in [0.15, 0.2) is 27.4 Å². The number of piperazine rings is 1. The molecule has 20 heavy (non-hydrogen) atoms. The van der Waals surface area contributed by atoms with Crippen LogP contribution in [0, 0.1) is 0 Å². The van der Waals surface area contributed by atoms with Crippen LogP contribution < -0.4 is 11.1 Å². The fraction of sp³-hybridized carbons (Fsp3) is 0.533. The predicted molar refractivity (Wildman–Crippen MR) is 79.1 cm³/mol. The summed E-state index contributed by atoms with van der Waals surface area (Å²) in [5.74, 6) is -0.294. The molecule has 1 aliphatic rings. The summed E-state index contributed by atoms with van der Waals surface area (Å²) in [6.45, 7) is 5.62. The minimum absolute atomic E-state index is 0.294. The summed E-state index contributed by atoms with van der Waals surface area (Å²) in [5.41, 5.74) is 2.79. The van der Waals surface area contributed by atoms with Gasteiger partial charge < -0.3 is 14.6 Å². The van der Waals surface area contributed by atoms with Crippen LogP contribution in [0.2, 0.25) is 0 Å². The number of aromatic nitrogens is 1. The highest BCUT2D eigenvalue weighted by molar-refractivity contribution is 5.73. The van der Waals surface area contributed by atoms with Gasteiger partial charge in [-0.3, -0.25) is 4.57 Å². The van der Waals surface area contributed by atoms with E-state index in [-0.39, 0.29) is 5.76 Å². The quantitative estimate of drug-likeness (QED) is 0.903. The molecule has 1 aromatic carbocycles. The van der Waals surface area contributed by atoms with Gasteiger partial charge in [0.15, 0.2) is 5.58 Å². The van der Waals surface area contributed by atoms with Gasteiger partial charge in [-0.1, -0.05) is 6.07 Å². The van der Waals surface area contributed by atoms with Gasteiger partial charge in [0, 0.05) is 33.2 Å². The van der Waals surface area contributed by atoms with E-state index in [1.807, 2.05) is 12.1 Å². The van der Waals surface area contributed by atoms with Crippen molar-refractivity contribution in [2.24, 2.45) is 7.05 Å². The van der Waals surface area contributed by atoms with E-state index in [0.29, 0.717) is 5.58 Å². The molecule has 0 unspecified atom stereocenters. The van der Waals surface area contributed by atoms with Gasteiger partial charge in [-0.05, 0) is 37.1 Å². The zero-order valence-electron chi connectivity index (χ0n) is 11.9. The average molecular weight is 275 g/mol. The van der Waals surface area contributed by atoms with Crippen molar-refractivity contribution in [3.05, 3.63) is 34.3 Å². The molecule has 3 rings (SSSR count). The number of rotatable bonds is 4. The van der Waals surface area contributed by atoms with E-state index in [9.17, 15) is 4.79 Å². The molecule has 2 aromatic rings. The fourth-order valence-corrected chi connectivity index (χ4v) is 2.78. The summed E-state index contributed by atoms with van der Waals surface area (Å²) < 4.78 is 6.77. The molecule has 0 bridgehead atoms. The lowest BCUT2D eigenvalue weighted by atomic mass is 10.1. The molecule has 2 heterocycles. The molecular weight excluding hydrogens is 254 g/mol. The second-order valence-corrected chi connectivity index (χ2v) is 5.42. The van der Waals surface area contributed by atoms with E-state index in [4.69, 9.17) is 4.42 Å². The second-order valence-electron chi connectivity index (χ2n) is 5.42. The molecule has 0 spiro atoms. The Bertz CT molecular complexity index is 638. The van der Waals surface area contributed by atoms with Crippen LogP contribution in [0.4, 0.5) is 0 Å². The minimum Gasteiger partial charge on any atom is -0.408 e. The maximum atomic E-state index is 11.5. The highest BCUT2D eigenvalue weighted by Gasteiger charge is 2.09. The van der Waals surface area contributed by atoms with Crippen LogP contribution in [-0.4, -0.2) is 42.2 Å². The van der Waals surface area contributed by atoms with Crippen molar-refractivity contribution in [2.75, 3.05) is 32.7 Å². The summed E-state index contributed by atoms with van der Waals surface area (Å²) in [7, 11) is 1.73. The third-order valence-electron chi connectivity index (χ3n) is 4.01. The largest absolute Gasteiger partial charge is 0.419 e. The lowest BCUT2D eigenvalue weighted by molar-refractivity contribution is 0.238. The van der Waals surface area contributed by atoms with E-state index in [1.54, 1.807) is 11.6 Å². The number of hydrogen-bond acceptors (Lipinski definition) is 4. The Kier molecular flexibility index (Phi) is 3.89. The van der Waals surface area contributed by atoms with Gasteiger partial charge in [0.05, 0.1) is 5.52 Å². The first-order valence-corrected chi connectivity index (χ1v) is 7.25. The van der Waals surface area contributed by atoms with E-state index in [1.165, 1.54) is 5.56 Å². The minimum atomic E-state index is -0.294. The molecule has 108 valence electrons. The first-order chi connectivity index (χ1) is 9.74. The van der Waals surface area contributed by atoms with Crippen LogP contribution in [0.5, 0.6) is 0 Å². The molecule has 1 aliphatic heterocycles. The van der Waals surface area contributed by atoms with Gasteiger partial charge in [-0.2, -0.15) is 0 Å².